The van der Waals surface area contributed by atoms with Crippen molar-refractivity contribution in [3.63, 3.8) is 0 Å². The first-order valence-electron chi connectivity index (χ1n) is 11.2. The summed E-state index contributed by atoms with van der Waals surface area (Å²) >= 11 is 8.84. The van der Waals surface area contributed by atoms with E-state index in [1.54, 1.807) is 23.1 Å². The number of thioether (sulfide) groups is 1. The molecule has 2 heterocycles. The zero-order chi connectivity index (χ0) is 24.1. The second-order valence-electron chi connectivity index (χ2n) is 8.36. The number of hydrogen-bond acceptors (Lipinski definition) is 6. The maximum Gasteiger partial charge on any atom is 0.275 e. The number of amides is 1. The number of piperidine rings is 1. The predicted molar refractivity (Wildman–Crippen MR) is 149 cm³/mol. The van der Waals surface area contributed by atoms with E-state index in [1.165, 1.54) is 0 Å². The van der Waals surface area contributed by atoms with Gasteiger partial charge in [-0.05, 0) is 67.7 Å². The molecule has 1 aliphatic rings. The van der Waals surface area contributed by atoms with Crippen molar-refractivity contribution in [2.45, 2.75) is 23.7 Å². The van der Waals surface area contributed by atoms with Gasteiger partial charge in [-0.25, -0.2) is 4.98 Å². The van der Waals surface area contributed by atoms with Gasteiger partial charge in [0.15, 0.2) is 5.11 Å². The quantitative estimate of drug-likeness (QED) is 0.322. The third kappa shape index (κ3) is 5.89. The van der Waals surface area contributed by atoms with Crippen LogP contribution < -0.4 is 15.5 Å². The molecule has 0 aliphatic carbocycles. The first-order valence-corrected chi connectivity index (χ1v) is 13.7. The van der Waals surface area contributed by atoms with Crippen LogP contribution in [0.3, 0.4) is 0 Å². The fraction of sp³-hybridized carbons (Fsp3) is 0.320. The minimum Gasteiger partial charge on any atom is -0.378 e. The molecule has 1 amide bonds. The molecular formula is C25H29N5OS3. The summed E-state index contributed by atoms with van der Waals surface area (Å²) in [6, 6.07) is 16.1. The number of rotatable bonds is 6. The van der Waals surface area contributed by atoms with E-state index < -0.39 is 0 Å². The van der Waals surface area contributed by atoms with E-state index in [1.807, 2.05) is 62.1 Å². The van der Waals surface area contributed by atoms with Crippen molar-refractivity contribution in [3.8, 4) is 0 Å². The van der Waals surface area contributed by atoms with Crippen molar-refractivity contribution in [3.05, 3.63) is 64.6 Å². The van der Waals surface area contributed by atoms with E-state index in [-0.39, 0.29) is 5.91 Å². The van der Waals surface area contributed by atoms with Crippen LogP contribution in [0.5, 0.6) is 0 Å². The van der Waals surface area contributed by atoms with E-state index in [4.69, 9.17) is 12.2 Å². The average molecular weight is 512 g/mol. The van der Waals surface area contributed by atoms with Gasteiger partial charge < -0.3 is 20.4 Å². The Balaban J connectivity index is 1.30. The van der Waals surface area contributed by atoms with Gasteiger partial charge in [0, 0.05) is 54.8 Å². The summed E-state index contributed by atoms with van der Waals surface area (Å²) in [7, 11) is 4.05. The molecule has 2 N–H and O–H groups in total. The highest BCUT2D eigenvalue weighted by atomic mass is 32.2. The zero-order valence-electron chi connectivity index (χ0n) is 19.6. The molecule has 0 saturated carbocycles. The lowest BCUT2D eigenvalue weighted by atomic mass is 9.98. The Hall–Kier alpha value is -2.62. The molecule has 4 rings (SSSR count). The molecule has 3 aromatic rings. The number of hydrogen-bond donors (Lipinski definition) is 2. The number of carbonyl (C=O) groups is 1. The fourth-order valence-corrected chi connectivity index (χ4v) is 5.71. The fourth-order valence-electron chi connectivity index (χ4n) is 3.89. The van der Waals surface area contributed by atoms with Gasteiger partial charge in [0.25, 0.3) is 5.91 Å². The van der Waals surface area contributed by atoms with Crippen LogP contribution in [0.25, 0.3) is 0 Å². The molecule has 0 unspecified atom stereocenters. The van der Waals surface area contributed by atoms with Gasteiger partial charge in [0.1, 0.15) is 5.69 Å². The van der Waals surface area contributed by atoms with Crippen molar-refractivity contribution in [2.75, 3.05) is 49.0 Å². The van der Waals surface area contributed by atoms with Crippen LogP contribution >= 0.6 is 35.3 Å². The van der Waals surface area contributed by atoms with Gasteiger partial charge >= 0.3 is 0 Å². The molecule has 178 valence electrons. The molecule has 0 spiro atoms. The first kappa shape index (κ1) is 24.5. The van der Waals surface area contributed by atoms with Gasteiger partial charge in [-0.2, -0.15) is 0 Å². The molecule has 6 nitrogen and oxygen atoms in total. The van der Waals surface area contributed by atoms with Crippen LogP contribution in [0, 0.1) is 0 Å². The maximum absolute atomic E-state index is 12.7. The third-order valence-corrected chi connectivity index (χ3v) is 8.04. The Morgan fingerprint density at radius 3 is 2.50 bits per heavy atom. The Morgan fingerprint density at radius 2 is 1.82 bits per heavy atom. The van der Waals surface area contributed by atoms with Crippen molar-refractivity contribution in [1.29, 1.82) is 0 Å². The lowest BCUT2D eigenvalue weighted by Crippen LogP contribution is -2.40. The highest BCUT2D eigenvalue weighted by molar-refractivity contribution is 7.98. The highest BCUT2D eigenvalue weighted by Gasteiger charge is 2.25. The lowest BCUT2D eigenvalue weighted by molar-refractivity contribution is 0.102. The molecule has 0 bridgehead atoms. The number of likely N-dealkylation sites (tertiary alicyclic amines) is 1. The van der Waals surface area contributed by atoms with E-state index >= 15 is 0 Å². The number of carbonyl (C=O) groups excluding carboxylic acids is 1. The number of nitrogens with zero attached hydrogens (tertiary/aromatic N) is 3. The van der Waals surface area contributed by atoms with Gasteiger partial charge in [-0.15, -0.1) is 23.1 Å². The molecule has 1 aromatic heterocycles. The van der Waals surface area contributed by atoms with Gasteiger partial charge in [0.05, 0.1) is 10.7 Å². The van der Waals surface area contributed by atoms with E-state index in [0.717, 1.165) is 58.0 Å². The molecule has 0 atom stereocenters. The minimum atomic E-state index is -0.160. The molecular weight excluding hydrogens is 483 g/mol. The van der Waals surface area contributed by atoms with E-state index in [9.17, 15) is 4.79 Å². The summed E-state index contributed by atoms with van der Waals surface area (Å²) < 4.78 is 0. The average Bonchev–Trinajstić information content (AvgIpc) is 3.35. The summed E-state index contributed by atoms with van der Waals surface area (Å²) in [6.45, 7) is 1.74. The van der Waals surface area contributed by atoms with Crippen LogP contribution in [0.1, 0.15) is 34.3 Å². The molecule has 1 saturated heterocycles. The summed E-state index contributed by atoms with van der Waals surface area (Å²) in [5, 5.41) is 10.00. The van der Waals surface area contributed by atoms with Gasteiger partial charge in [0.2, 0.25) is 0 Å². The second-order valence-corrected chi connectivity index (χ2v) is 10.5. The number of thiazole rings is 1. The van der Waals surface area contributed by atoms with E-state index in [2.05, 4.69) is 37.6 Å². The summed E-state index contributed by atoms with van der Waals surface area (Å²) in [6.07, 6.45) is 3.93. The minimum absolute atomic E-state index is 0.160. The molecule has 1 fully saturated rings. The monoisotopic (exact) mass is 511 g/mol. The van der Waals surface area contributed by atoms with Crippen LogP contribution in [0.4, 0.5) is 17.1 Å². The lowest BCUT2D eigenvalue weighted by Gasteiger charge is -2.33. The number of anilines is 3. The number of thiocarbonyl (C=S) groups is 1. The number of para-hydroxylation sites is 1. The standard InChI is InChI=1S/C25H29N5OS3/c1-29(2)19-10-8-18(9-11-19)26-25(32)30-14-12-17(13-15-30)24-28-21(16-34-24)23(31)27-20-6-4-5-7-22(20)33-3/h4-11,16-17H,12-15H2,1-3H3,(H,26,32)(H,27,31). The third-order valence-electron chi connectivity index (χ3n) is 5.88. The maximum atomic E-state index is 12.7. The largest absolute Gasteiger partial charge is 0.378 e. The Morgan fingerprint density at radius 1 is 1.12 bits per heavy atom. The number of nitrogens with one attached hydrogen (secondary N) is 2. The Bertz CT molecular complexity index is 1140. The molecule has 9 heteroatoms. The van der Waals surface area contributed by atoms with E-state index in [0.29, 0.717) is 11.6 Å². The van der Waals surface area contributed by atoms with Crippen molar-refractivity contribution in [2.24, 2.45) is 0 Å². The van der Waals surface area contributed by atoms with Gasteiger partial charge in [-0.3, -0.25) is 4.79 Å². The van der Waals surface area contributed by atoms with Gasteiger partial charge in [-0.1, -0.05) is 12.1 Å². The summed E-state index contributed by atoms with van der Waals surface area (Å²) in [4.78, 5) is 22.7. The Labute approximate surface area is 214 Å². The molecule has 1 aliphatic heterocycles. The topological polar surface area (TPSA) is 60.5 Å². The first-order chi connectivity index (χ1) is 16.4. The van der Waals surface area contributed by atoms with Crippen LogP contribution in [-0.2, 0) is 0 Å². The second kappa shape index (κ2) is 11.2. The van der Waals surface area contributed by atoms with Crippen molar-refractivity contribution < 1.29 is 4.79 Å². The molecule has 34 heavy (non-hydrogen) atoms. The van der Waals surface area contributed by atoms with Crippen LogP contribution in [0.15, 0.2) is 58.8 Å². The Kier molecular flexibility index (Phi) is 8.07. The smallest absolute Gasteiger partial charge is 0.275 e. The van der Waals surface area contributed by atoms with Crippen molar-refractivity contribution in [1.82, 2.24) is 9.88 Å². The summed E-state index contributed by atoms with van der Waals surface area (Å²) in [5.41, 5.74) is 3.45. The summed E-state index contributed by atoms with van der Waals surface area (Å²) in [5.74, 6) is 0.190. The number of aromatic nitrogens is 1. The predicted octanol–water partition coefficient (Wildman–Crippen LogP) is 5.76. The highest BCUT2D eigenvalue weighted by Crippen LogP contribution is 2.31. The molecule has 2 aromatic carbocycles. The van der Waals surface area contributed by atoms with Crippen molar-refractivity contribution >= 4 is 63.4 Å². The normalized spacial score (nSPS) is 14.0. The van der Waals surface area contributed by atoms with Crippen LogP contribution in [0.2, 0.25) is 0 Å². The van der Waals surface area contributed by atoms with Crippen LogP contribution in [-0.4, -0.2) is 54.3 Å². The zero-order valence-corrected chi connectivity index (χ0v) is 22.0. The SMILES string of the molecule is CSc1ccccc1NC(=O)c1csc(C2CCN(C(=S)Nc3ccc(N(C)C)cc3)CC2)n1. The number of benzene rings is 2. The molecule has 0 radical (unpaired) electrons.